The van der Waals surface area contributed by atoms with Crippen LogP contribution in [-0.4, -0.2) is 16.3 Å². The Kier molecular flexibility index (Phi) is 4.12. The second kappa shape index (κ2) is 6.37. The maximum atomic E-state index is 5.60. The van der Waals surface area contributed by atoms with Crippen molar-refractivity contribution >= 4 is 0 Å². The molecule has 3 rings (SSSR count). The highest BCUT2D eigenvalue weighted by Gasteiger charge is 2.12. The van der Waals surface area contributed by atoms with Gasteiger partial charge >= 0.3 is 0 Å². The second-order valence-corrected chi connectivity index (χ2v) is 5.03. The van der Waals surface area contributed by atoms with E-state index in [4.69, 9.17) is 10.8 Å². The maximum Gasteiger partial charge on any atom is 0.100 e. The first-order valence-corrected chi connectivity index (χ1v) is 7.27. The second-order valence-electron chi connectivity index (χ2n) is 5.03. The van der Waals surface area contributed by atoms with Crippen LogP contribution in [0.1, 0.15) is 6.42 Å². The molecule has 2 aromatic carbocycles. The van der Waals surface area contributed by atoms with E-state index in [9.17, 15) is 0 Å². The minimum absolute atomic E-state index is 0.682. The zero-order valence-corrected chi connectivity index (χ0v) is 11.9. The Labute approximate surface area is 125 Å². The third-order valence-electron chi connectivity index (χ3n) is 3.49. The third-order valence-corrected chi connectivity index (χ3v) is 3.49. The van der Waals surface area contributed by atoms with Gasteiger partial charge in [0.1, 0.15) is 5.69 Å². The van der Waals surface area contributed by atoms with Crippen molar-refractivity contribution in [3.8, 4) is 22.4 Å². The summed E-state index contributed by atoms with van der Waals surface area (Å²) in [6, 6.07) is 20.7. The van der Waals surface area contributed by atoms with Crippen molar-refractivity contribution in [2.45, 2.75) is 13.0 Å². The summed E-state index contributed by atoms with van der Waals surface area (Å²) in [7, 11) is 0. The van der Waals surface area contributed by atoms with E-state index in [1.807, 2.05) is 28.9 Å². The molecule has 0 saturated heterocycles. The third kappa shape index (κ3) is 3.03. The van der Waals surface area contributed by atoms with E-state index in [2.05, 4.69) is 42.6 Å². The van der Waals surface area contributed by atoms with Crippen molar-refractivity contribution < 1.29 is 0 Å². The number of nitrogens with zero attached hydrogens (tertiary/aromatic N) is 2. The van der Waals surface area contributed by atoms with Crippen molar-refractivity contribution in [1.82, 2.24) is 9.78 Å². The van der Waals surface area contributed by atoms with E-state index in [0.717, 1.165) is 24.2 Å². The minimum atomic E-state index is 0.682. The molecule has 0 aliphatic rings. The first-order valence-electron chi connectivity index (χ1n) is 7.27. The quantitative estimate of drug-likeness (QED) is 0.775. The van der Waals surface area contributed by atoms with Gasteiger partial charge in [-0.05, 0) is 18.5 Å². The fourth-order valence-corrected chi connectivity index (χ4v) is 2.43. The normalized spacial score (nSPS) is 10.7. The van der Waals surface area contributed by atoms with Crippen LogP contribution in [0.3, 0.4) is 0 Å². The number of benzene rings is 2. The van der Waals surface area contributed by atoms with Crippen molar-refractivity contribution in [1.29, 1.82) is 0 Å². The highest BCUT2D eigenvalue weighted by atomic mass is 15.3. The molecule has 0 aliphatic carbocycles. The molecule has 21 heavy (non-hydrogen) atoms. The van der Waals surface area contributed by atoms with Crippen molar-refractivity contribution in [3.63, 3.8) is 0 Å². The molecule has 0 amide bonds. The van der Waals surface area contributed by atoms with Crippen molar-refractivity contribution in [2.24, 2.45) is 5.73 Å². The molecular formula is C18H19N3. The number of aryl methyl sites for hydroxylation is 1. The number of aromatic nitrogens is 2. The van der Waals surface area contributed by atoms with Crippen molar-refractivity contribution in [2.75, 3.05) is 6.54 Å². The summed E-state index contributed by atoms with van der Waals surface area (Å²) in [4.78, 5) is 0. The van der Waals surface area contributed by atoms with E-state index < -0.39 is 0 Å². The molecule has 3 heteroatoms. The predicted molar refractivity (Wildman–Crippen MR) is 86.8 cm³/mol. The zero-order valence-electron chi connectivity index (χ0n) is 11.9. The molecule has 0 fully saturated rings. The molecule has 0 unspecified atom stereocenters. The SMILES string of the molecule is NCCCn1cc(-c2ccccc2)c(-c2ccccc2)n1. The standard InChI is InChI=1S/C18H19N3/c19-12-7-13-21-14-17(15-8-3-1-4-9-15)18(20-21)16-10-5-2-6-11-16/h1-6,8-11,14H,7,12-13,19H2. The molecule has 3 aromatic rings. The van der Waals surface area contributed by atoms with E-state index in [-0.39, 0.29) is 0 Å². The van der Waals surface area contributed by atoms with Gasteiger partial charge in [-0.25, -0.2) is 0 Å². The van der Waals surface area contributed by atoms with Gasteiger partial charge in [0.25, 0.3) is 0 Å². The van der Waals surface area contributed by atoms with Gasteiger partial charge in [-0.1, -0.05) is 60.7 Å². The summed E-state index contributed by atoms with van der Waals surface area (Å²) >= 11 is 0. The van der Waals surface area contributed by atoms with Crippen LogP contribution in [0, 0.1) is 0 Å². The lowest BCUT2D eigenvalue weighted by molar-refractivity contribution is 0.586. The summed E-state index contributed by atoms with van der Waals surface area (Å²) in [6.07, 6.45) is 3.05. The first kappa shape index (κ1) is 13.6. The average molecular weight is 277 g/mol. The van der Waals surface area contributed by atoms with Gasteiger partial charge in [-0.2, -0.15) is 5.10 Å². The topological polar surface area (TPSA) is 43.8 Å². The van der Waals surface area contributed by atoms with Crippen molar-refractivity contribution in [3.05, 3.63) is 66.9 Å². The van der Waals surface area contributed by atoms with Gasteiger partial charge in [0, 0.05) is 23.9 Å². The molecular weight excluding hydrogens is 258 g/mol. The Morgan fingerprint density at radius 1 is 0.857 bits per heavy atom. The fraction of sp³-hybridized carbons (Fsp3) is 0.167. The highest BCUT2D eigenvalue weighted by molar-refractivity contribution is 5.80. The zero-order chi connectivity index (χ0) is 14.5. The highest BCUT2D eigenvalue weighted by Crippen LogP contribution is 2.30. The lowest BCUT2D eigenvalue weighted by atomic mass is 10.0. The number of hydrogen-bond acceptors (Lipinski definition) is 2. The van der Waals surface area contributed by atoms with Gasteiger partial charge in [0.05, 0.1) is 0 Å². The smallest absolute Gasteiger partial charge is 0.100 e. The fourth-order valence-electron chi connectivity index (χ4n) is 2.43. The first-order chi connectivity index (χ1) is 10.4. The Morgan fingerprint density at radius 3 is 2.10 bits per heavy atom. The van der Waals surface area contributed by atoms with Crippen LogP contribution < -0.4 is 5.73 Å². The van der Waals surface area contributed by atoms with Gasteiger partial charge < -0.3 is 5.73 Å². The van der Waals surface area contributed by atoms with Crippen LogP contribution in [0.5, 0.6) is 0 Å². The lowest BCUT2D eigenvalue weighted by Gasteiger charge is -2.02. The molecule has 1 aromatic heterocycles. The van der Waals surface area contributed by atoms with Crippen LogP contribution >= 0.6 is 0 Å². The average Bonchev–Trinajstić information content (AvgIpc) is 2.99. The summed E-state index contributed by atoms with van der Waals surface area (Å²) < 4.78 is 2.00. The summed E-state index contributed by atoms with van der Waals surface area (Å²) in [5, 5.41) is 4.76. The van der Waals surface area contributed by atoms with Crippen LogP contribution in [0.2, 0.25) is 0 Å². The van der Waals surface area contributed by atoms with Gasteiger partial charge in [0.15, 0.2) is 0 Å². The molecule has 0 spiro atoms. The van der Waals surface area contributed by atoms with E-state index in [0.29, 0.717) is 6.54 Å². The van der Waals surface area contributed by atoms with E-state index in [1.165, 1.54) is 11.1 Å². The van der Waals surface area contributed by atoms with Crippen LogP contribution in [0.15, 0.2) is 66.9 Å². The molecule has 0 bridgehead atoms. The Hall–Kier alpha value is -2.39. The van der Waals surface area contributed by atoms with Crippen LogP contribution in [0.25, 0.3) is 22.4 Å². The molecule has 0 atom stereocenters. The summed E-state index contributed by atoms with van der Waals surface area (Å²) in [5.41, 5.74) is 10.1. The van der Waals surface area contributed by atoms with Gasteiger partial charge in [-0.3, -0.25) is 4.68 Å². The molecule has 3 nitrogen and oxygen atoms in total. The van der Waals surface area contributed by atoms with Gasteiger partial charge in [-0.15, -0.1) is 0 Å². The monoisotopic (exact) mass is 277 g/mol. The number of rotatable bonds is 5. The maximum absolute atomic E-state index is 5.60. The number of nitrogens with two attached hydrogens (primary N) is 1. The Bertz CT molecular complexity index is 630. The van der Waals surface area contributed by atoms with E-state index >= 15 is 0 Å². The van der Waals surface area contributed by atoms with Crippen LogP contribution in [0.4, 0.5) is 0 Å². The lowest BCUT2D eigenvalue weighted by Crippen LogP contribution is -2.06. The molecule has 0 saturated carbocycles. The Balaban J connectivity index is 2.06. The van der Waals surface area contributed by atoms with Crippen LogP contribution in [-0.2, 0) is 6.54 Å². The Morgan fingerprint density at radius 2 is 1.48 bits per heavy atom. The molecule has 106 valence electrons. The molecule has 1 heterocycles. The number of hydrogen-bond donors (Lipinski definition) is 1. The largest absolute Gasteiger partial charge is 0.330 e. The minimum Gasteiger partial charge on any atom is -0.330 e. The molecule has 2 N–H and O–H groups in total. The summed E-state index contributed by atoms with van der Waals surface area (Å²) in [6.45, 7) is 1.53. The summed E-state index contributed by atoms with van der Waals surface area (Å²) in [5.74, 6) is 0. The van der Waals surface area contributed by atoms with Gasteiger partial charge in [0.2, 0.25) is 0 Å². The molecule has 0 radical (unpaired) electrons. The van der Waals surface area contributed by atoms with E-state index in [1.54, 1.807) is 0 Å². The molecule has 0 aliphatic heterocycles. The predicted octanol–water partition coefficient (Wildman–Crippen LogP) is 3.57.